The van der Waals surface area contributed by atoms with Crippen molar-refractivity contribution < 1.29 is 32.5 Å². The maximum absolute atomic E-state index is 13.4. The highest BCUT2D eigenvalue weighted by molar-refractivity contribution is 6.30. The van der Waals surface area contributed by atoms with Crippen molar-refractivity contribution in [2.45, 2.75) is 18.2 Å². The molecular formula is C18H11Cl2F3O4. The number of halogens is 5. The predicted molar refractivity (Wildman–Crippen MR) is 93.6 cm³/mol. The van der Waals surface area contributed by atoms with E-state index in [0.717, 1.165) is 6.08 Å². The van der Waals surface area contributed by atoms with Gasteiger partial charge in [-0.15, -0.1) is 0 Å². The van der Waals surface area contributed by atoms with Crippen LogP contribution in [0.4, 0.5) is 13.2 Å². The second kappa shape index (κ2) is 6.65. The number of rotatable bonds is 3. The van der Waals surface area contributed by atoms with Crippen molar-refractivity contribution in [2.24, 2.45) is 0 Å². The average molecular weight is 419 g/mol. The standard InChI is InChI=1S/C18H11Cl2F3O4/c1-9-7-10(19)5-6-13(9)26-14-3-2-4-15-11(14)8-12(16(24)25)17(20,27-15)18(21,22)23/h2-8H,1H3,(H,24,25). The van der Waals surface area contributed by atoms with Gasteiger partial charge in [0, 0.05) is 5.02 Å². The topological polar surface area (TPSA) is 55.8 Å². The molecule has 0 fully saturated rings. The highest BCUT2D eigenvalue weighted by Crippen LogP contribution is 2.50. The maximum atomic E-state index is 13.4. The number of benzene rings is 2. The number of carbonyl (C=O) groups is 1. The number of carboxylic acid groups (broad SMARTS) is 1. The molecule has 1 aliphatic rings. The second-order valence-electron chi connectivity index (χ2n) is 5.74. The molecule has 0 spiro atoms. The lowest BCUT2D eigenvalue weighted by Crippen LogP contribution is -2.50. The molecule has 1 heterocycles. The van der Waals surface area contributed by atoms with Gasteiger partial charge in [0.05, 0.1) is 5.56 Å². The minimum atomic E-state index is -5.15. The van der Waals surface area contributed by atoms with Crippen LogP contribution < -0.4 is 9.47 Å². The van der Waals surface area contributed by atoms with Crippen molar-refractivity contribution in [3.05, 3.63) is 58.1 Å². The molecule has 1 atom stereocenters. The minimum absolute atomic E-state index is 0.0322. The molecule has 4 nitrogen and oxygen atoms in total. The molecular weight excluding hydrogens is 408 g/mol. The van der Waals surface area contributed by atoms with Crippen LogP contribution in [0.5, 0.6) is 17.2 Å². The molecule has 3 rings (SSSR count). The van der Waals surface area contributed by atoms with Gasteiger partial charge in [0.15, 0.2) is 0 Å². The number of alkyl halides is 4. The van der Waals surface area contributed by atoms with E-state index >= 15 is 0 Å². The van der Waals surface area contributed by atoms with E-state index in [1.807, 2.05) is 0 Å². The molecule has 0 bridgehead atoms. The fourth-order valence-corrected chi connectivity index (χ4v) is 2.99. The highest BCUT2D eigenvalue weighted by Gasteiger charge is 2.62. The number of aryl methyl sites for hydroxylation is 1. The fraction of sp³-hybridized carbons (Fsp3) is 0.167. The summed E-state index contributed by atoms with van der Waals surface area (Å²) in [6.45, 7) is 1.74. The summed E-state index contributed by atoms with van der Waals surface area (Å²) >= 11 is 11.4. The molecule has 0 aromatic heterocycles. The van der Waals surface area contributed by atoms with Crippen molar-refractivity contribution in [3.63, 3.8) is 0 Å². The summed E-state index contributed by atoms with van der Waals surface area (Å²) in [6, 6.07) is 8.95. The zero-order valence-electron chi connectivity index (χ0n) is 13.6. The summed E-state index contributed by atoms with van der Waals surface area (Å²) in [5.41, 5.74) is -0.445. The maximum Gasteiger partial charge on any atom is 0.448 e. The first kappa shape index (κ1) is 19.4. The Labute approximate surface area is 161 Å². The Kier molecular flexibility index (Phi) is 4.78. The number of aliphatic carboxylic acids is 1. The third-order valence-electron chi connectivity index (χ3n) is 3.86. The molecule has 0 aliphatic carbocycles. The van der Waals surface area contributed by atoms with Crippen LogP contribution in [-0.4, -0.2) is 22.3 Å². The normalized spacial score (nSPS) is 19.0. The first-order valence-corrected chi connectivity index (χ1v) is 8.25. The molecule has 2 aromatic carbocycles. The van der Waals surface area contributed by atoms with Crippen LogP contribution in [0.25, 0.3) is 6.08 Å². The van der Waals surface area contributed by atoms with Crippen LogP contribution in [-0.2, 0) is 4.79 Å². The minimum Gasteiger partial charge on any atom is -0.478 e. The van der Waals surface area contributed by atoms with Gasteiger partial charge in [0.2, 0.25) is 0 Å². The molecule has 1 aliphatic heterocycles. The van der Waals surface area contributed by atoms with Crippen LogP contribution in [0.3, 0.4) is 0 Å². The number of ether oxygens (including phenoxy) is 2. The Hall–Kier alpha value is -2.38. The lowest BCUT2D eigenvalue weighted by atomic mass is 10.00. The molecule has 1 unspecified atom stereocenters. The molecule has 0 saturated carbocycles. The zero-order chi connectivity index (χ0) is 20.0. The smallest absolute Gasteiger partial charge is 0.448 e. The van der Waals surface area contributed by atoms with Crippen molar-refractivity contribution >= 4 is 35.2 Å². The van der Waals surface area contributed by atoms with Gasteiger partial charge < -0.3 is 14.6 Å². The lowest BCUT2D eigenvalue weighted by molar-refractivity contribution is -0.204. The highest BCUT2D eigenvalue weighted by atomic mass is 35.5. The second-order valence-corrected chi connectivity index (χ2v) is 6.71. The first-order valence-electron chi connectivity index (χ1n) is 7.50. The Morgan fingerprint density at radius 1 is 1.22 bits per heavy atom. The largest absolute Gasteiger partial charge is 0.478 e. The summed E-state index contributed by atoms with van der Waals surface area (Å²) < 4.78 is 50.7. The number of hydrogen-bond acceptors (Lipinski definition) is 3. The fourth-order valence-electron chi connectivity index (χ4n) is 2.54. The monoisotopic (exact) mass is 418 g/mol. The molecule has 9 heteroatoms. The molecule has 142 valence electrons. The van der Waals surface area contributed by atoms with E-state index in [0.29, 0.717) is 16.3 Å². The third-order valence-corrected chi connectivity index (χ3v) is 4.59. The molecule has 27 heavy (non-hydrogen) atoms. The molecule has 2 aromatic rings. The first-order chi connectivity index (χ1) is 12.5. The molecule has 0 radical (unpaired) electrons. The van der Waals surface area contributed by atoms with Gasteiger partial charge in [0.25, 0.3) is 0 Å². The van der Waals surface area contributed by atoms with Crippen LogP contribution in [0, 0.1) is 6.92 Å². The molecule has 0 amide bonds. The lowest BCUT2D eigenvalue weighted by Gasteiger charge is -2.34. The van der Waals surface area contributed by atoms with E-state index < -0.39 is 22.8 Å². The van der Waals surface area contributed by atoms with Gasteiger partial charge in [-0.25, -0.2) is 4.79 Å². The van der Waals surface area contributed by atoms with Crippen molar-refractivity contribution in [2.75, 3.05) is 0 Å². The Morgan fingerprint density at radius 2 is 1.93 bits per heavy atom. The number of fused-ring (bicyclic) bond motifs is 1. The van der Waals surface area contributed by atoms with E-state index in [-0.39, 0.29) is 17.1 Å². The predicted octanol–water partition coefficient (Wildman–Crippen LogP) is 5.80. The number of carboxylic acids is 1. The summed E-state index contributed by atoms with van der Waals surface area (Å²) in [5.74, 6) is -1.60. The van der Waals surface area contributed by atoms with E-state index in [9.17, 15) is 23.1 Å². The summed E-state index contributed by atoms with van der Waals surface area (Å²) in [4.78, 5) is 11.4. The Balaban J connectivity index is 2.11. The van der Waals surface area contributed by atoms with Crippen LogP contribution in [0.2, 0.25) is 5.02 Å². The molecule has 0 saturated heterocycles. The van der Waals surface area contributed by atoms with Gasteiger partial charge in [-0.05, 0) is 48.9 Å². The number of hydrogen-bond donors (Lipinski definition) is 1. The summed E-state index contributed by atoms with van der Waals surface area (Å²) in [7, 11) is 0. The van der Waals surface area contributed by atoms with Crippen LogP contribution in [0.1, 0.15) is 11.1 Å². The zero-order valence-corrected chi connectivity index (χ0v) is 15.1. The van der Waals surface area contributed by atoms with Crippen molar-refractivity contribution in [3.8, 4) is 17.2 Å². The summed E-state index contributed by atoms with van der Waals surface area (Å²) in [5, 5.41) is 6.22. The van der Waals surface area contributed by atoms with Crippen LogP contribution >= 0.6 is 23.2 Å². The SMILES string of the molecule is Cc1cc(Cl)ccc1Oc1cccc2c1C=C(C(=O)O)C(Cl)(C(F)(F)F)O2. The van der Waals surface area contributed by atoms with Gasteiger partial charge in [-0.3, -0.25) is 0 Å². The van der Waals surface area contributed by atoms with E-state index in [4.69, 9.17) is 32.7 Å². The average Bonchev–Trinajstić information content (AvgIpc) is 2.55. The van der Waals surface area contributed by atoms with Crippen molar-refractivity contribution in [1.82, 2.24) is 0 Å². The van der Waals surface area contributed by atoms with Gasteiger partial charge in [-0.1, -0.05) is 29.3 Å². The van der Waals surface area contributed by atoms with Gasteiger partial charge in [-0.2, -0.15) is 13.2 Å². The van der Waals surface area contributed by atoms with Crippen LogP contribution in [0.15, 0.2) is 42.0 Å². The summed E-state index contributed by atoms with van der Waals surface area (Å²) in [6.07, 6.45) is -4.34. The van der Waals surface area contributed by atoms with E-state index in [1.165, 1.54) is 18.2 Å². The Bertz CT molecular complexity index is 956. The van der Waals surface area contributed by atoms with E-state index in [2.05, 4.69) is 0 Å². The third kappa shape index (κ3) is 3.44. The quantitative estimate of drug-likeness (QED) is 0.640. The van der Waals surface area contributed by atoms with Gasteiger partial charge in [0.1, 0.15) is 22.8 Å². The van der Waals surface area contributed by atoms with Crippen molar-refractivity contribution in [1.29, 1.82) is 0 Å². The van der Waals surface area contributed by atoms with E-state index in [1.54, 1.807) is 25.1 Å². The Morgan fingerprint density at radius 3 is 2.52 bits per heavy atom. The molecule has 1 N–H and O–H groups in total. The van der Waals surface area contributed by atoms with Gasteiger partial charge >= 0.3 is 17.2 Å².